The maximum Gasteiger partial charge on any atom is 0.0494 e. The number of hydrogen-bond acceptors (Lipinski definition) is 4. The van der Waals surface area contributed by atoms with Gasteiger partial charge in [-0.05, 0) is 25.0 Å². The summed E-state index contributed by atoms with van der Waals surface area (Å²) in [5.74, 6) is 0. The van der Waals surface area contributed by atoms with Crippen molar-refractivity contribution in [3.05, 3.63) is 11.1 Å². The van der Waals surface area contributed by atoms with Gasteiger partial charge in [-0.15, -0.1) is 37.7 Å². The number of anilines is 2. The number of rotatable bonds is 0. The third-order valence-corrected chi connectivity index (χ3v) is 3.18. The predicted octanol–water partition coefficient (Wildman–Crippen LogP) is 2.47. The van der Waals surface area contributed by atoms with Crippen molar-refractivity contribution in [3.8, 4) is 0 Å². The highest BCUT2D eigenvalue weighted by Gasteiger charge is 2.10. The first-order chi connectivity index (χ1) is 5.46. The zero-order chi connectivity index (χ0) is 9.46. The lowest BCUT2D eigenvalue weighted by atomic mass is 10.1. The van der Waals surface area contributed by atoms with Crippen LogP contribution in [0.5, 0.6) is 0 Å². The Hall–Kier alpha value is -0.190. The van der Waals surface area contributed by atoms with E-state index in [1.54, 1.807) is 0 Å². The zero-order valence-corrected chi connectivity index (χ0v) is 10.1. The minimum Gasteiger partial charge on any atom is -0.398 e. The lowest BCUT2D eigenvalue weighted by molar-refractivity contribution is 1.20. The molecule has 0 aliphatic heterocycles. The highest BCUT2D eigenvalue weighted by Crippen LogP contribution is 2.35. The van der Waals surface area contributed by atoms with Gasteiger partial charge < -0.3 is 11.5 Å². The van der Waals surface area contributed by atoms with Crippen molar-refractivity contribution in [3.63, 3.8) is 0 Å². The number of thiol groups is 2. The Bertz CT molecular complexity index is 234. The summed E-state index contributed by atoms with van der Waals surface area (Å²) in [5, 5.41) is 0. The number of benzene rings is 1. The molecule has 0 radical (unpaired) electrons. The Morgan fingerprint density at radius 1 is 0.846 bits per heavy atom. The molecule has 0 aliphatic rings. The van der Waals surface area contributed by atoms with E-state index in [1.165, 1.54) is 0 Å². The summed E-state index contributed by atoms with van der Waals surface area (Å²) in [5.41, 5.74) is 14.7. The van der Waals surface area contributed by atoms with E-state index in [2.05, 4.69) is 25.3 Å². The zero-order valence-electron chi connectivity index (χ0n) is 7.46. The predicted molar refractivity (Wildman–Crippen MR) is 66.5 cm³/mol. The van der Waals surface area contributed by atoms with E-state index in [9.17, 15) is 0 Å². The minimum atomic E-state index is 0. The average Bonchev–Trinajstić information content (AvgIpc) is 2.08. The molecule has 0 unspecified atom stereocenters. The third-order valence-electron chi connectivity index (χ3n) is 2.03. The van der Waals surface area contributed by atoms with Crippen molar-refractivity contribution in [1.82, 2.24) is 0 Å². The third kappa shape index (κ3) is 2.00. The molecule has 1 aromatic rings. The highest BCUT2D eigenvalue weighted by molar-refractivity contribution is 7.81. The van der Waals surface area contributed by atoms with Gasteiger partial charge in [0.05, 0.1) is 0 Å². The molecule has 0 saturated carbocycles. The summed E-state index contributed by atoms with van der Waals surface area (Å²) in [6.45, 7) is 3.76. The fourth-order valence-corrected chi connectivity index (χ4v) is 1.59. The van der Waals surface area contributed by atoms with E-state index in [1.807, 2.05) is 13.8 Å². The molecule has 1 rings (SSSR count). The van der Waals surface area contributed by atoms with Crippen LogP contribution in [0.25, 0.3) is 0 Å². The first kappa shape index (κ1) is 12.8. The molecule has 0 saturated heterocycles. The fraction of sp³-hybridized carbons (Fsp3) is 0.250. The molecule has 0 spiro atoms. The summed E-state index contributed by atoms with van der Waals surface area (Å²) < 4.78 is 0. The summed E-state index contributed by atoms with van der Waals surface area (Å²) >= 11 is 8.52. The second-order valence-electron chi connectivity index (χ2n) is 2.77. The van der Waals surface area contributed by atoms with Gasteiger partial charge in [-0.1, -0.05) is 0 Å². The number of hydrogen-bond donors (Lipinski definition) is 4. The lowest BCUT2D eigenvalue weighted by Crippen LogP contribution is -2.00. The van der Waals surface area contributed by atoms with Gasteiger partial charge in [0, 0.05) is 21.2 Å². The molecule has 2 nitrogen and oxygen atoms in total. The average molecular weight is 237 g/mol. The van der Waals surface area contributed by atoms with Crippen LogP contribution >= 0.6 is 37.7 Å². The van der Waals surface area contributed by atoms with E-state index in [0.29, 0.717) is 11.4 Å². The van der Waals surface area contributed by atoms with E-state index in [0.717, 1.165) is 20.9 Å². The molecule has 0 atom stereocenters. The van der Waals surface area contributed by atoms with Crippen LogP contribution in [0.15, 0.2) is 9.79 Å². The molecule has 0 aliphatic carbocycles. The lowest BCUT2D eigenvalue weighted by Gasteiger charge is -2.13. The maximum atomic E-state index is 5.77. The van der Waals surface area contributed by atoms with Crippen LogP contribution in [-0.4, -0.2) is 0 Å². The standard InChI is InChI=1S/C8H12N2S2.ClH/c1-3-5(9)8(12)4(2)6(10)7(3)11;/h11-12H,9-10H2,1-2H3;1H. The van der Waals surface area contributed by atoms with Crippen molar-refractivity contribution in [2.45, 2.75) is 23.6 Å². The van der Waals surface area contributed by atoms with Gasteiger partial charge in [-0.3, -0.25) is 0 Å². The molecule has 1 aromatic carbocycles. The van der Waals surface area contributed by atoms with Crippen molar-refractivity contribution in [2.24, 2.45) is 0 Å². The number of halogens is 1. The SMILES string of the molecule is Cc1c(N)c(S)c(C)c(N)c1S.Cl. The van der Waals surface area contributed by atoms with Crippen LogP contribution in [0.2, 0.25) is 0 Å². The first-order valence-corrected chi connectivity index (χ1v) is 4.42. The highest BCUT2D eigenvalue weighted by atomic mass is 35.5. The van der Waals surface area contributed by atoms with Crippen LogP contribution in [0, 0.1) is 13.8 Å². The van der Waals surface area contributed by atoms with Crippen LogP contribution in [0.3, 0.4) is 0 Å². The summed E-state index contributed by atoms with van der Waals surface area (Å²) in [7, 11) is 0. The van der Waals surface area contributed by atoms with Crippen LogP contribution in [0.1, 0.15) is 11.1 Å². The Balaban J connectivity index is 0.00000144. The van der Waals surface area contributed by atoms with Crippen molar-refractivity contribution in [2.75, 3.05) is 11.5 Å². The first-order valence-electron chi connectivity index (χ1n) is 3.52. The van der Waals surface area contributed by atoms with Gasteiger partial charge >= 0.3 is 0 Å². The van der Waals surface area contributed by atoms with Gasteiger partial charge in [-0.2, -0.15) is 0 Å². The molecule has 0 amide bonds. The number of nitrogen functional groups attached to an aromatic ring is 2. The summed E-state index contributed by atoms with van der Waals surface area (Å²) in [6, 6.07) is 0. The van der Waals surface area contributed by atoms with Crippen molar-refractivity contribution in [1.29, 1.82) is 0 Å². The van der Waals surface area contributed by atoms with Gasteiger partial charge in [0.15, 0.2) is 0 Å². The minimum absolute atomic E-state index is 0. The molecule has 4 N–H and O–H groups in total. The largest absolute Gasteiger partial charge is 0.398 e. The Morgan fingerprint density at radius 2 is 1.08 bits per heavy atom. The van der Waals surface area contributed by atoms with E-state index in [4.69, 9.17) is 11.5 Å². The van der Waals surface area contributed by atoms with E-state index in [-0.39, 0.29) is 12.4 Å². The quantitative estimate of drug-likeness (QED) is 0.413. The van der Waals surface area contributed by atoms with E-state index >= 15 is 0 Å². The molecule has 13 heavy (non-hydrogen) atoms. The van der Waals surface area contributed by atoms with Gasteiger partial charge in [0.25, 0.3) is 0 Å². The second kappa shape index (κ2) is 4.35. The second-order valence-corrected chi connectivity index (χ2v) is 3.67. The molecular weight excluding hydrogens is 224 g/mol. The van der Waals surface area contributed by atoms with E-state index < -0.39 is 0 Å². The molecule has 5 heteroatoms. The summed E-state index contributed by atoms with van der Waals surface area (Å²) in [4.78, 5) is 1.51. The number of nitrogens with two attached hydrogens (primary N) is 2. The molecular formula is C8H13ClN2S2. The van der Waals surface area contributed by atoms with Gasteiger partial charge in [-0.25, -0.2) is 0 Å². The van der Waals surface area contributed by atoms with Crippen LogP contribution in [0.4, 0.5) is 11.4 Å². The molecule has 0 heterocycles. The smallest absolute Gasteiger partial charge is 0.0494 e. The van der Waals surface area contributed by atoms with Crippen LogP contribution in [-0.2, 0) is 0 Å². The molecule has 0 fully saturated rings. The normalized spacial score (nSPS) is 9.54. The van der Waals surface area contributed by atoms with Gasteiger partial charge in [0.2, 0.25) is 0 Å². The molecule has 74 valence electrons. The van der Waals surface area contributed by atoms with Gasteiger partial charge in [0.1, 0.15) is 0 Å². The van der Waals surface area contributed by atoms with Crippen molar-refractivity contribution < 1.29 is 0 Å². The Morgan fingerprint density at radius 3 is 1.31 bits per heavy atom. The topological polar surface area (TPSA) is 52.0 Å². The monoisotopic (exact) mass is 236 g/mol. The fourth-order valence-electron chi connectivity index (χ4n) is 1.01. The Kier molecular flexibility index (Phi) is 4.29. The maximum absolute atomic E-state index is 5.77. The molecule has 0 aromatic heterocycles. The van der Waals surface area contributed by atoms with Crippen molar-refractivity contribution >= 4 is 49.0 Å². The summed E-state index contributed by atoms with van der Waals surface area (Å²) in [6.07, 6.45) is 0. The van der Waals surface area contributed by atoms with Crippen LogP contribution < -0.4 is 11.5 Å². The molecule has 0 bridgehead atoms. The Labute approximate surface area is 95.3 Å².